The van der Waals surface area contributed by atoms with Crippen LogP contribution < -0.4 is 0 Å². The first kappa shape index (κ1) is 8.28. The fourth-order valence-corrected chi connectivity index (χ4v) is 3.62. The second-order valence-corrected chi connectivity index (χ2v) is 4.87. The lowest BCUT2D eigenvalue weighted by atomic mass is 9.74. The van der Waals surface area contributed by atoms with Crippen LogP contribution in [0.25, 0.3) is 0 Å². The molecule has 0 radical (unpaired) electrons. The third kappa shape index (κ3) is 0.949. The van der Waals surface area contributed by atoms with E-state index in [-0.39, 0.29) is 0 Å². The summed E-state index contributed by atoms with van der Waals surface area (Å²) in [6.45, 7) is 6.35. The molecule has 12 heavy (non-hydrogen) atoms. The molecule has 1 heteroatoms. The van der Waals surface area contributed by atoms with Gasteiger partial charge in [0.1, 0.15) is 5.78 Å². The molecule has 0 aromatic carbocycles. The van der Waals surface area contributed by atoms with Crippen molar-refractivity contribution in [2.45, 2.75) is 33.6 Å². The smallest absolute Gasteiger partial charge is 0.133 e. The molecular weight excluding hydrogens is 148 g/mol. The number of carbonyl (C=O) groups is 1. The molecule has 2 saturated carbocycles. The summed E-state index contributed by atoms with van der Waals surface area (Å²) in [7, 11) is 0. The summed E-state index contributed by atoms with van der Waals surface area (Å²) in [4.78, 5) is 11.4. The van der Waals surface area contributed by atoms with E-state index in [9.17, 15) is 4.79 Å². The van der Waals surface area contributed by atoms with Crippen LogP contribution in [0.1, 0.15) is 33.6 Å². The van der Waals surface area contributed by atoms with Gasteiger partial charge in [-0.05, 0) is 43.4 Å². The second kappa shape index (κ2) is 2.58. The van der Waals surface area contributed by atoms with Gasteiger partial charge in [-0.25, -0.2) is 0 Å². The quantitative estimate of drug-likeness (QED) is 0.585. The van der Waals surface area contributed by atoms with Gasteiger partial charge in [-0.3, -0.25) is 4.79 Å². The average Bonchev–Trinajstić information content (AvgIpc) is 2.44. The number of carbonyl (C=O) groups excluding carboxylic acids is 1. The van der Waals surface area contributed by atoms with Crippen molar-refractivity contribution in [3.8, 4) is 0 Å². The maximum Gasteiger partial charge on any atom is 0.133 e. The van der Waals surface area contributed by atoms with Crippen LogP contribution >= 0.6 is 0 Å². The van der Waals surface area contributed by atoms with Gasteiger partial charge in [0.15, 0.2) is 0 Å². The van der Waals surface area contributed by atoms with E-state index in [0.717, 1.165) is 17.8 Å². The highest BCUT2D eigenvalue weighted by Gasteiger charge is 2.50. The number of fused-ring (bicyclic) bond motifs is 2. The van der Waals surface area contributed by atoms with Gasteiger partial charge in [-0.15, -0.1) is 0 Å². The van der Waals surface area contributed by atoms with Crippen molar-refractivity contribution in [1.29, 1.82) is 0 Å². The molecule has 2 bridgehead atoms. The zero-order chi connectivity index (χ0) is 8.88. The highest BCUT2D eigenvalue weighted by atomic mass is 16.1. The van der Waals surface area contributed by atoms with E-state index in [1.165, 1.54) is 12.8 Å². The van der Waals surface area contributed by atoms with Crippen LogP contribution in [-0.2, 0) is 4.79 Å². The zero-order valence-electron chi connectivity index (χ0n) is 8.21. The molecule has 2 aliphatic carbocycles. The summed E-state index contributed by atoms with van der Waals surface area (Å²) in [5.41, 5.74) is 0. The van der Waals surface area contributed by atoms with Gasteiger partial charge in [0.25, 0.3) is 0 Å². The SMILES string of the molecule is CC(=O)C1C(C)C2CC1[C@@H](C)C2. The van der Waals surface area contributed by atoms with Crippen LogP contribution in [0.4, 0.5) is 0 Å². The summed E-state index contributed by atoms with van der Waals surface area (Å²) in [5, 5.41) is 0. The Morgan fingerprint density at radius 1 is 1.25 bits per heavy atom. The molecule has 0 N–H and O–H groups in total. The normalized spacial score (nSPS) is 51.4. The molecule has 0 heterocycles. The van der Waals surface area contributed by atoms with Crippen LogP contribution in [-0.4, -0.2) is 5.78 Å². The Morgan fingerprint density at radius 3 is 2.33 bits per heavy atom. The molecular formula is C11H18O. The summed E-state index contributed by atoms with van der Waals surface area (Å²) in [6, 6.07) is 0. The van der Waals surface area contributed by atoms with Crippen LogP contribution in [0.5, 0.6) is 0 Å². The lowest BCUT2D eigenvalue weighted by molar-refractivity contribution is -0.124. The number of rotatable bonds is 1. The van der Waals surface area contributed by atoms with Gasteiger partial charge in [0.2, 0.25) is 0 Å². The number of Topliss-reactive ketones (excluding diaryl/α,β-unsaturated/α-hetero) is 1. The Balaban J connectivity index is 2.20. The fraction of sp³-hybridized carbons (Fsp3) is 0.909. The molecule has 0 saturated heterocycles. The molecule has 2 rings (SSSR count). The van der Waals surface area contributed by atoms with E-state index in [0.29, 0.717) is 17.6 Å². The van der Waals surface area contributed by atoms with Gasteiger partial charge >= 0.3 is 0 Å². The second-order valence-electron chi connectivity index (χ2n) is 4.87. The molecule has 0 amide bonds. The maximum absolute atomic E-state index is 11.4. The summed E-state index contributed by atoms with van der Waals surface area (Å²) < 4.78 is 0. The standard InChI is InChI=1S/C11H18O/c1-6-4-9-5-10(6)11(7(9)2)8(3)12/h6-7,9-11H,4-5H2,1-3H3/t6-,7?,9?,10?,11?/m0/s1. The van der Waals surface area contributed by atoms with Gasteiger partial charge in [0.05, 0.1) is 0 Å². The predicted molar refractivity (Wildman–Crippen MR) is 48.7 cm³/mol. The van der Waals surface area contributed by atoms with Crippen LogP contribution in [0.2, 0.25) is 0 Å². The van der Waals surface area contributed by atoms with Crippen molar-refractivity contribution >= 4 is 5.78 Å². The first-order valence-electron chi connectivity index (χ1n) is 5.11. The monoisotopic (exact) mass is 166 g/mol. The molecule has 4 unspecified atom stereocenters. The highest BCUT2D eigenvalue weighted by molar-refractivity contribution is 5.79. The number of hydrogen-bond acceptors (Lipinski definition) is 1. The van der Waals surface area contributed by atoms with Crippen LogP contribution in [0.3, 0.4) is 0 Å². The van der Waals surface area contributed by atoms with E-state index in [1.54, 1.807) is 6.92 Å². The molecule has 2 aliphatic rings. The maximum atomic E-state index is 11.4. The van der Waals surface area contributed by atoms with Crippen LogP contribution in [0, 0.1) is 29.6 Å². The third-order valence-corrected chi connectivity index (χ3v) is 4.22. The van der Waals surface area contributed by atoms with Crippen molar-refractivity contribution in [2.75, 3.05) is 0 Å². The average molecular weight is 166 g/mol. The minimum atomic E-state index is 0.402. The number of hydrogen-bond donors (Lipinski definition) is 0. The molecule has 0 aromatic heterocycles. The minimum absolute atomic E-state index is 0.402. The third-order valence-electron chi connectivity index (χ3n) is 4.22. The summed E-state index contributed by atoms with van der Waals surface area (Å²) in [6.07, 6.45) is 2.70. The van der Waals surface area contributed by atoms with Crippen molar-refractivity contribution < 1.29 is 4.79 Å². The number of ketones is 1. The van der Waals surface area contributed by atoms with Gasteiger partial charge < -0.3 is 0 Å². The van der Waals surface area contributed by atoms with Crippen molar-refractivity contribution in [3.05, 3.63) is 0 Å². The lowest BCUT2D eigenvalue weighted by Crippen LogP contribution is -2.30. The molecule has 0 aliphatic heterocycles. The topological polar surface area (TPSA) is 17.1 Å². The Morgan fingerprint density at radius 2 is 1.92 bits per heavy atom. The zero-order valence-corrected chi connectivity index (χ0v) is 8.21. The van der Waals surface area contributed by atoms with E-state index in [2.05, 4.69) is 13.8 Å². The summed E-state index contributed by atoms with van der Waals surface area (Å²) in [5.74, 6) is 3.89. The van der Waals surface area contributed by atoms with Gasteiger partial charge in [-0.2, -0.15) is 0 Å². The molecule has 5 atom stereocenters. The first-order chi connectivity index (χ1) is 5.61. The largest absolute Gasteiger partial charge is 0.300 e. The van der Waals surface area contributed by atoms with E-state index >= 15 is 0 Å². The Labute approximate surface area is 74.5 Å². The molecule has 68 valence electrons. The van der Waals surface area contributed by atoms with Crippen molar-refractivity contribution in [1.82, 2.24) is 0 Å². The molecule has 0 spiro atoms. The van der Waals surface area contributed by atoms with Crippen molar-refractivity contribution in [2.24, 2.45) is 29.6 Å². The van der Waals surface area contributed by atoms with E-state index in [4.69, 9.17) is 0 Å². The van der Waals surface area contributed by atoms with Crippen molar-refractivity contribution in [3.63, 3.8) is 0 Å². The first-order valence-corrected chi connectivity index (χ1v) is 5.11. The summed E-state index contributed by atoms with van der Waals surface area (Å²) >= 11 is 0. The predicted octanol–water partition coefficient (Wildman–Crippen LogP) is 2.50. The Hall–Kier alpha value is -0.330. The van der Waals surface area contributed by atoms with Crippen LogP contribution in [0.15, 0.2) is 0 Å². The fourth-order valence-electron chi connectivity index (χ4n) is 3.62. The van der Waals surface area contributed by atoms with Gasteiger partial charge in [-0.1, -0.05) is 13.8 Å². The van der Waals surface area contributed by atoms with E-state index in [1.807, 2.05) is 0 Å². The van der Waals surface area contributed by atoms with E-state index < -0.39 is 0 Å². The highest BCUT2D eigenvalue weighted by Crippen LogP contribution is 2.55. The molecule has 2 fully saturated rings. The Bertz CT molecular complexity index is 209. The molecule has 1 nitrogen and oxygen atoms in total. The molecule has 0 aromatic rings. The van der Waals surface area contributed by atoms with Gasteiger partial charge in [0, 0.05) is 5.92 Å². The minimum Gasteiger partial charge on any atom is -0.300 e. The lowest BCUT2D eigenvalue weighted by Gasteiger charge is -2.30. The Kier molecular flexibility index (Phi) is 1.78.